The first-order valence-corrected chi connectivity index (χ1v) is 4.48. The topological polar surface area (TPSA) is 30.0 Å². The number of aryl methyl sites for hydroxylation is 1. The van der Waals surface area contributed by atoms with Gasteiger partial charge >= 0.3 is 0 Å². The van der Waals surface area contributed by atoms with Crippen molar-refractivity contribution in [2.75, 3.05) is 0 Å². The molecule has 1 heterocycles. The van der Waals surface area contributed by atoms with Crippen LogP contribution < -0.4 is 0 Å². The van der Waals surface area contributed by atoms with E-state index in [2.05, 4.69) is 11.2 Å². The van der Waals surface area contributed by atoms with Gasteiger partial charge in [0.15, 0.2) is 0 Å². The summed E-state index contributed by atoms with van der Waals surface area (Å²) in [6.07, 6.45) is 2.85. The fraction of sp³-hybridized carbons (Fsp3) is 0.167. The number of Topliss-reactive ketones (excluding diaryl/α,β-unsaturated/α-hetero) is 1. The second-order valence-corrected chi connectivity index (χ2v) is 3.30. The Morgan fingerprint density at radius 1 is 1.33 bits per heavy atom. The number of carbonyl (C=O) groups excluding carboxylic acids is 1. The second kappa shape index (κ2) is 4.95. The number of hydrogen-bond acceptors (Lipinski definition) is 2. The van der Waals surface area contributed by atoms with Crippen molar-refractivity contribution in [2.24, 2.45) is 0 Å². The van der Waals surface area contributed by atoms with Crippen molar-refractivity contribution >= 4 is 16.7 Å². The van der Waals surface area contributed by atoms with Gasteiger partial charge in [0.2, 0.25) is 0 Å². The van der Waals surface area contributed by atoms with Crippen LogP contribution in [0.5, 0.6) is 0 Å². The van der Waals surface area contributed by atoms with Gasteiger partial charge in [-0.15, -0.1) is 5.56 Å². The minimum Gasteiger partial charge on any atom is -0.386 e. The predicted octanol–water partition coefficient (Wildman–Crippen LogP) is 2.54. The Labute approximate surface area is 114 Å². The third-order valence-corrected chi connectivity index (χ3v) is 2.24. The van der Waals surface area contributed by atoms with Crippen LogP contribution >= 0.6 is 0 Å². The molecule has 1 aromatic heterocycles. The standard InChI is InChI=1S/C12H10NO.Y/c1-8-7-13-11-6-4-3-5-10(11)12(8)9(2)14;/h3-6H,1-2H3;/q-1;. The third kappa shape index (κ3) is 2.32. The number of pyridine rings is 1. The Morgan fingerprint density at radius 3 is 2.67 bits per heavy atom. The van der Waals surface area contributed by atoms with Gasteiger partial charge in [0.25, 0.3) is 0 Å². The molecule has 0 N–H and O–H groups in total. The van der Waals surface area contributed by atoms with E-state index in [1.807, 2.05) is 31.2 Å². The summed E-state index contributed by atoms with van der Waals surface area (Å²) in [6.45, 7) is 3.43. The maximum absolute atomic E-state index is 11.4. The Hall–Kier alpha value is -0.596. The van der Waals surface area contributed by atoms with Gasteiger partial charge in [-0.3, -0.25) is 0 Å². The molecule has 0 atom stereocenters. The molecule has 0 saturated carbocycles. The van der Waals surface area contributed by atoms with E-state index in [0.717, 1.165) is 22.0 Å². The molecule has 2 aromatic rings. The van der Waals surface area contributed by atoms with E-state index in [4.69, 9.17) is 0 Å². The molecule has 0 bridgehead atoms. The van der Waals surface area contributed by atoms with Crippen LogP contribution in [0.4, 0.5) is 0 Å². The molecule has 0 unspecified atom stereocenters. The Bertz CT molecular complexity index is 508. The normalized spacial score (nSPS) is 9.73. The fourth-order valence-electron chi connectivity index (χ4n) is 1.64. The molecule has 0 aliphatic rings. The Balaban J connectivity index is 0.00000112. The van der Waals surface area contributed by atoms with Gasteiger partial charge in [0.05, 0.1) is 0 Å². The largest absolute Gasteiger partial charge is 0.386 e. The van der Waals surface area contributed by atoms with Gasteiger partial charge in [0.1, 0.15) is 5.78 Å². The molecule has 2 nitrogen and oxygen atoms in total. The predicted molar refractivity (Wildman–Crippen MR) is 55.3 cm³/mol. The SMILES string of the molecule is CC(=O)c1c(C)[c-]nc2ccccc12.[Y]. The van der Waals surface area contributed by atoms with Crippen molar-refractivity contribution in [3.63, 3.8) is 0 Å². The second-order valence-electron chi connectivity index (χ2n) is 3.30. The van der Waals surface area contributed by atoms with E-state index >= 15 is 0 Å². The van der Waals surface area contributed by atoms with E-state index in [-0.39, 0.29) is 38.5 Å². The van der Waals surface area contributed by atoms with Gasteiger partial charge in [-0.2, -0.15) is 0 Å². The summed E-state index contributed by atoms with van der Waals surface area (Å²) in [5, 5.41) is 0.913. The maximum Gasteiger partial charge on any atom is 0.106 e. The van der Waals surface area contributed by atoms with Crippen LogP contribution in [0.2, 0.25) is 0 Å². The molecule has 73 valence electrons. The monoisotopic (exact) mass is 273 g/mol. The van der Waals surface area contributed by atoms with Crippen molar-refractivity contribution < 1.29 is 37.5 Å². The smallest absolute Gasteiger partial charge is 0.106 e. The zero-order valence-corrected chi connectivity index (χ0v) is 11.6. The molecule has 15 heavy (non-hydrogen) atoms. The number of nitrogens with zero attached hydrogens (tertiary/aromatic N) is 1. The first kappa shape index (κ1) is 12.5. The van der Waals surface area contributed by atoms with Crippen LogP contribution in [-0.4, -0.2) is 10.8 Å². The summed E-state index contributed by atoms with van der Waals surface area (Å²) in [5.74, 6) is 0.0670. The first-order valence-electron chi connectivity index (χ1n) is 4.48. The molecule has 0 aliphatic carbocycles. The average molecular weight is 273 g/mol. The number of rotatable bonds is 1. The van der Waals surface area contributed by atoms with E-state index in [1.54, 1.807) is 6.92 Å². The summed E-state index contributed by atoms with van der Waals surface area (Å²) in [5.41, 5.74) is 2.37. The average Bonchev–Trinajstić information content (AvgIpc) is 2.17. The zero-order chi connectivity index (χ0) is 10.1. The molecule has 0 fully saturated rings. The molecular formula is C12H10NOY-. The van der Waals surface area contributed by atoms with Gasteiger partial charge in [-0.05, 0) is 12.4 Å². The zero-order valence-electron chi connectivity index (χ0n) is 8.74. The molecule has 0 saturated heterocycles. The van der Waals surface area contributed by atoms with E-state index in [9.17, 15) is 4.79 Å². The van der Waals surface area contributed by atoms with Crippen LogP contribution in [0.3, 0.4) is 0 Å². The number of fused-ring (bicyclic) bond motifs is 1. The minimum absolute atomic E-state index is 0. The van der Waals surface area contributed by atoms with Crippen LogP contribution in [0.1, 0.15) is 22.8 Å². The van der Waals surface area contributed by atoms with Crippen LogP contribution in [0, 0.1) is 13.1 Å². The molecule has 1 aromatic carbocycles. The van der Waals surface area contributed by atoms with Gasteiger partial charge in [-0.25, -0.2) is 0 Å². The van der Waals surface area contributed by atoms with Gasteiger partial charge in [0, 0.05) is 32.7 Å². The number of para-hydroxylation sites is 1. The summed E-state index contributed by atoms with van der Waals surface area (Å²) in [7, 11) is 0. The quantitative estimate of drug-likeness (QED) is 0.590. The van der Waals surface area contributed by atoms with Crippen molar-refractivity contribution in [2.45, 2.75) is 13.8 Å². The Morgan fingerprint density at radius 2 is 2.00 bits per heavy atom. The Kier molecular flexibility index (Phi) is 4.12. The number of carbonyl (C=O) groups is 1. The summed E-state index contributed by atoms with van der Waals surface area (Å²) >= 11 is 0. The molecule has 0 spiro atoms. The summed E-state index contributed by atoms with van der Waals surface area (Å²) in [6, 6.07) is 7.62. The molecule has 0 amide bonds. The molecule has 1 radical (unpaired) electrons. The first-order chi connectivity index (χ1) is 6.70. The van der Waals surface area contributed by atoms with Crippen LogP contribution in [0.25, 0.3) is 10.9 Å². The number of aromatic nitrogens is 1. The third-order valence-electron chi connectivity index (χ3n) is 2.24. The molecule has 3 heteroatoms. The number of ketones is 1. The maximum atomic E-state index is 11.4. The van der Waals surface area contributed by atoms with Crippen molar-refractivity contribution in [3.8, 4) is 0 Å². The van der Waals surface area contributed by atoms with Crippen LogP contribution in [0.15, 0.2) is 24.3 Å². The molecule has 0 aliphatic heterocycles. The van der Waals surface area contributed by atoms with Gasteiger partial charge in [-0.1, -0.05) is 48.3 Å². The van der Waals surface area contributed by atoms with Crippen molar-refractivity contribution in [3.05, 3.63) is 41.6 Å². The minimum atomic E-state index is 0. The van der Waals surface area contributed by atoms with Crippen molar-refractivity contribution in [1.29, 1.82) is 0 Å². The number of hydrogen-bond donors (Lipinski definition) is 0. The fourth-order valence-corrected chi connectivity index (χ4v) is 1.64. The van der Waals surface area contributed by atoms with Crippen LogP contribution in [-0.2, 0) is 32.7 Å². The molecule has 2 rings (SSSR count). The number of benzene rings is 1. The van der Waals surface area contributed by atoms with E-state index in [0.29, 0.717) is 0 Å². The summed E-state index contributed by atoms with van der Waals surface area (Å²) in [4.78, 5) is 15.6. The van der Waals surface area contributed by atoms with Crippen molar-refractivity contribution in [1.82, 2.24) is 4.98 Å². The van der Waals surface area contributed by atoms with Gasteiger partial charge < -0.3 is 9.78 Å². The van der Waals surface area contributed by atoms with E-state index in [1.165, 1.54) is 0 Å². The summed E-state index contributed by atoms with van der Waals surface area (Å²) < 4.78 is 0. The molecular weight excluding hydrogens is 263 g/mol. The van der Waals surface area contributed by atoms with E-state index < -0.39 is 0 Å².